The summed E-state index contributed by atoms with van der Waals surface area (Å²) in [5.41, 5.74) is 7.52. The van der Waals surface area contributed by atoms with Crippen LogP contribution in [0.25, 0.3) is 0 Å². The van der Waals surface area contributed by atoms with Crippen LogP contribution in [-0.2, 0) is 6.54 Å². The van der Waals surface area contributed by atoms with Crippen molar-refractivity contribution < 1.29 is 9.53 Å². The number of nitrogens with one attached hydrogen (secondary N) is 1. The van der Waals surface area contributed by atoms with Crippen LogP contribution in [0.5, 0.6) is 5.75 Å². The summed E-state index contributed by atoms with van der Waals surface area (Å²) in [4.78, 5) is 12.3. The van der Waals surface area contributed by atoms with Crippen molar-refractivity contribution in [2.24, 2.45) is 0 Å². The van der Waals surface area contributed by atoms with Gasteiger partial charge in [-0.05, 0) is 23.8 Å². The van der Waals surface area contributed by atoms with Gasteiger partial charge >= 0.3 is 0 Å². The number of rotatable bonds is 6. The van der Waals surface area contributed by atoms with Crippen LogP contribution >= 0.6 is 11.3 Å². The summed E-state index contributed by atoms with van der Waals surface area (Å²) in [6.45, 7) is 2.50. The van der Waals surface area contributed by atoms with Crippen LogP contribution in [0.3, 0.4) is 0 Å². The highest BCUT2D eigenvalue weighted by Crippen LogP contribution is 2.30. The molecule has 5 heteroatoms. The van der Waals surface area contributed by atoms with Crippen molar-refractivity contribution in [3.8, 4) is 5.75 Å². The second kappa shape index (κ2) is 6.43. The highest BCUT2D eigenvalue weighted by Gasteiger charge is 2.12. The van der Waals surface area contributed by atoms with E-state index in [1.165, 1.54) is 11.3 Å². The number of ether oxygens (including phenoxy) is 1. The quantitative estimate of drug-likeness (QED) is 0.799. The molecule has 0 spiro atoms. The number of hydrogen-bond donors (Lipinski definition) is 2. The van der Waals surface area contributed by atoms with Gasteiger partial charge in [0.15, 0.2) is 5.78 Å². The Labute approximate surface area is 122 Å². The average molecular weight is 290 g/mol. The van der Waals surface area contributed by atoms with Crippen LogP contribution in [0.4, 0.5) is 10.7 Å². The van der Waals surface area contributed by atoms with Crippen molar-refractivity contribution in [1.29, 1.82) is 0 Å². The van der Waals surface area contributed by atoms with Gasteiger partial charge in [-0.15, -0.1) is 11.3 Å². The van der Waals surface area contributed by atoms with Crippen LogP contribution in [0, 0.1) is 0 Å². The van der Waals surface area contributed by atoms with Gasteiger partial charge in [0.25, 0.3) is 0 Å². The third-order valence-corrected chi connectivity index (χ3v) is 4.09. The molecule has 0 saturated carbocycles. The zero-order valence-corrected chi connectivity index (χ0v) is 12.4. The number of nitrogens with two attached hydrogens (primary N) is 1. The summed E-state index contributed by atoms with van der Waals surface area (Å²) >= 11 is 1.40. The van der Waals surface area contributed by atoms with E-state index in [2.05, 4.69) is 5.32 Å². The van der Waals surface area contributed by atoms with E-state index in [1.54, 1.807) is 7.11 Å². The van der Waals surface area contributed by atoms with Gasteiger partial charge in [0.05, 0.1) is 22.7 Å². The average Bonchev–Trinajstić information content (AvgIpc) is 2.85. The Morgan fingerprint density at radius 2 is 2.20 bits per heavy atom. The van der Waals surface area contributed by atoms with Gasteiger partial charge in [0.2, 0.25) is 0 Å². The van der Waals surface area contributed by atoms with Crippen molar-refractivity contribution in [3.05, 3.63) is 40.8 Å². The van der Waals surface area contributed by atoms with Crippen LogP contribution < -0.4 is 15.8 Å². The molecule has 0 aliphatic heterocycles. The molecule has 0 bridgehead atoms. The Morgan fingerprint density at radius 3 is 2.90 bits per heavy atom. The van der Waals surface area contributed by atoms with Crippen molar-refractivity contribution in [2.75, 3.05) is 18.2 Å². The minimum atomic E-state index is 0.0851. The lowest BCUT2D eigenvalue weighted by Gasteiger charge is -2.05. The Kier molecular flexibility index (Phi) is 4.63. The molecule has 0 radical (unpaired) electrons. The summed E-state index contributed by atoms with van der Waals surface area (Å²) in [5.74, 6) is 0.916. The molecule has 0 atom stereocenters. The van der Waals surface area contributed by atoms with E-state index in [4.69, 9.17) is 10.5 Å². The first-order valence-electron chi connectivity index (χ1n) is 6.43. The Morgan fingerprint density at radius 1 is 1.40 bits per heavy atom. The first-order valence-corrected chi connectivity index (χ1v) is 7.25. The highest BCUT2D eigenvalue weighted by atomic mass is 32.1. The minimum absolute atomic E-state index is 0.0851. The number of thiophene rings is 1. The van der Waals surface area contributed by atoms with E-state index in [9.17, 15) is 4.79 Å². The number of carbonyl (C=O) groups excluding carboxylic acids is 1. The first kappa shape index (κ1) is 14.4. The van der Waals surface area contributed by atoms with Gasteiger partial charge in [-0.1, -0.05) is 19.1 Å². The van der Waals surface area contributed by atoms with Gasteiger partial charge in [-0.2, -0.15) is 0 Å². The van der Waals surface area contributed by atoms with Crippen molar-refractivity contribution in [1.82, 2.24) is 0 Å². The number of nitrogen functional groups attached to an aromatic ring is 1. The number of ketones is 1. The van der Waals surface area contributed by atoms with Crippen LogP contribution in [0.2, 0.25) is 0 Å². The molecule has 3 N–H and O–H groups in total. The molecule has 2 aromatic rings. The fourth-order valence-electron chi connectivity index (χ4n) is 1.84. The molecule has 0 aliphatic rings. The van der Waals surface area contributed by atoms with Gasteiger partial charge < -0.3 is 15.8 Å². The maximum absolute atomic E-state index is 11.7. The van der Waals surface area contributed by atoms with Crippen molar-refractivity contribution in [2.45, 2.75) is 19.9 Å². The lowest BCUT2D eigenvalue weighted by Crippen LogP contribution is -1.97. The first-order chi connectivity index (χ1) is 9.63. The standard InChI is InChI=1S/C15H18N2O2S/c1-3-13(18)15-12(16)8-14(20-15)17-9-10-5-4-6-11(7-10)19-2/h4-8,17H,3,9,16H2,1-2H3. The summed E-state index contributed by atoms with van der Waals surface area (Å²) in [6.07, 6.45) is 0.472. The summed E-state index contributed by atoms with van der Waals surface area (Å²) in [5, 5.41) is 4.19. The summed E-state index contributed by atoms with van der Waals surface area (Å²) < 4.78 is 5.19. The summed E-state index contributed by atoms with van der Waals surface area (Å²) in [6, 6.07) is 9.66. The summed E-state index contributed by atoms with van der Waals surface area (Å²) in [7, 11) is 1.65. The van der Waals surface area contributed by atoms with Crippen LogP contribution in [0.1, 0.15) is 28.6 Å². The zero-order chi connectivity index (χ0) is 14.5. The molecule has 4 nitrogen and oxygen atoms in total. The molecule has 1 aromatic heterocycles. The highest BCUT2D eigenvalue weighted by molar-refractivity contribution is 7.18. The second-order valence-corrected chi connectivity index (χ2v) is 5.43. The molecule has 0 saturated heterocycles. The number of anilines is 2. The Balaban J connectivity index is 2.05. The largest absolute Gasteiger partial charge is 0.497 e. The van der Waals surface area contributed by atoms with E-state index < -0.39 is 0 Å². The molecule has 0 amide bonds. The third-order valence-electron chi connectivity index (χ3n) is 2.94. The molecule has 0 fully saturated rings. The number of carbonyl (C=O) groups is 1. The Hall–Kier alpha value is -2.01. The third kappa shape index (κ3) is 3.30. The molecule has 1 heterocycles. The van der Waals surface area contributed by atoms with Gasteiger partial charge in [0, 0.05) is 13.0 Å². The molecule has 2 rings (SSSR count). The molecule has 0 aliphatic carbocycles. The van der Waals surface area contributed by atoms with Crippen LogP contribution in [0.15, 0.2) is 30.3 Å². The topological polar surface area (TPSA) is 64.3 Å². The number of benzene rings is 1. The molecule has 1 aromatic carbocycles. The monoisotopic (exact) mass is 290 g/mol. The van der Waals surface area contributed by atoms with E-state index in [-0.39, 0.29) is 5.78 Å². The van der Waals surface area contributed by atoms with Gasteiger partial charge in [0.1, 0.15) is 5.75 Å². The minimum Gasteiger partial charge on any atom is -0.497 e. The maximum atomic E-state index is 11.7. The SMILES string of the molecule is CCC(=O)c1sc(NCc2cccc(OC)c2)cc1N. The number of methoxy groups -OCH3 is 1. The molecular formula is C15H18N2O2S. The number of Topliss-reactive ketones (excluding diaryl/α,β-unsaturated/α-hetero) is 1. The van der Waals surface area contributed by atoms with E-state index >= 15 is 0 Å². The van der Waals surface area contributed by atoms with Crippen LogP contribution in [-0.4, -0.2) is 12.9 Å². The van der Waals surface area contributed by atoms with Gasteiger partial charge in [-0.3, -0.25) is 4.79 Å². The predicted molar refractivity (Wildman–Crippen MR) is 83.7 cm³/mol. The van der Waals surface area contributed by atoms with E-state index in [0.29, 0.717) is 23.5 Å². The molecular weight excluding hydrogens is 272 g/mol. The normalized spacial score (nSPS) is 10.3. The second-order valence-electron chi connectivity index (χ2n) is 4.38. The van der Waals surface area contributed by atoms with Gasteiger partial charge in [-0.25, -0.2) is 0 Å². The number of hydrogen-bond acceptors (Lipinski definition) is 5. The Bertz CT molecular complexity index is 608. The van der Waals surface area contributed by atoms with E-state index in [1.807, 2.05) is 37.3 Å². The molecule has 106 valence electrons. The fraction of sp³-hybridized carbons (Fsp3) is 0.267. The smallest absolute Gasteiger partial charge is 0.174 e. The fourth-order valence-corrected chi connectivity index (χ4v) is 2.83. The van der Waals surface area contributed by atoms with Crippen molar-refractivity contribution in [3.63, 3.8) is 0 Å². The maximum Gasteiger partial charge on any atom is 0.174 e. The molecule has 0 unspecified atom stereocenters. The lowest BCUT2D eigenvalue weighted by atomic mass is 10.2. The molecule has 20 heavy (non-hydrogen) atoms. The lowest BCUT2D eigenvalue weighted by molar-refractivity contribution is 0.0993. The van der Waals surface area contributed by atoms with E-state index in [0.717, 1.165) is 16.3 Å². The predicted octanol–water partition coefficient (Wildman–Crippen LogP) is 3.54. The zero-order valence-electron chi connectivity index (χ0n) is 11.6. The van der Waals surface area contributed by atoms with Crippen molar-refractivity contribution >= 4 is 27.8 Å².